The largest absolute Gasteiger partial charge is 0.481 e. The summed E-state index contributed by atoms with van der Waals surface area (Å²) in [5, 5.41) is 21.7. The van der Waals surface area contributed by atoms with E-state index in [-0.39, 0.29) is 19.1 Å². The molecule has 0 saturated carbocycles. The molecular formula is C22H34N2O6. The van der Waals surface area contributed by atoms with Gasteiger partial charge in [0.2, 0.25) is 5.90 Å². The number of benzene rings is 1. The van der Waals surface area contributed by atoms with E-state index >= 15 is 0 Å². The van der Waals surface area contributed by atoms with Gasteiger partial charge in [-0.2, -0.15) is 0 Å². The zero-order valence-electron chi connectivity index (χ0n) is 18.6. The molecule has 0 fully saturated rings. The van der Waals surface area contributed by atoms with Crippen molar-refractivity contribution in [2.45, 2.75) is 72.3 Å². The molecule has 0 bridgehead atoms. The zero-order valence-corrected chi connectivity index (χ0v) is 18.6. The molecule has 30 heavy (non-hydrogen) atoms. The third-order valence-electron chi connectivity index (χ3n) is 4.05. The van der Waals surface area contributed by atoms with Crippen LogP contribution in [0.15, 0.2) is 35.3 Å². The topological polar surface area (TPSA) is 117 Å². The van der Waals surface area contributed by atoms with Crippen molar-refractivity contribution in [1.82, 2.24) is 5.32 Å². The van der Waals surface area contributed by atoms with E-state index in [0.717, 1.165) is 5.56 Å². The van der Waals surface area contributed by atoms with E-state index in [4.69, 9.17) is 9.47 Å². The smallest absolute Gasteiger partial charge is 0.408 e. The fourth-order valence-electron chi connectivity index (χ4n) is 2.45. The van der Waals surface area contributed by atoms with Crippen LogP contribution in [-0.2, 0) is 20.9 Å². The Morgan fingerprint density at radius 2 is 1.70 bits per heavy atom. The molecule has 0 heterocycles. The van der Waals surface area contributed by atoms with Crippen molar-refractivity contribution in [3.05, 3.63) is 35.9 Å². The average molecular weight is 423 g/mol. The van der Waals surface area contributed by atoms with Crippen LogP contribution in [0.25, 0.3) is 0 Å². The fraction of sp³-hybridized carbons (Fsp3) is 0.591. The summed E-state index contributed by atoms with van der Waals surface area (Å²) in [7, 11) is 0. The van der Waals surface area contributed by atoms with Crippen molar-refractivity contribution >= 4 is 18.0 Å². The average Bonchev–Trinajstić information content (AvgIpc) is 2.59. The maximum atomic E-state index is 12.3. The summed E-state index contributed by atoms with van der Waals surface area (Å²) in [6.07, 6.45) is -1.23. The molecule has 8 heteroatoms. The summed E-state index contributed by atoms with van der Waals surface area (Å²) in [6.45, 7) is 10.7. The number of hydrogen-bond donors (Lipinski definition) is 3. The molecule has 0 spiro atoms. The molecule has 168 valence electrons. The first-order valence-corrected chi connectivity index (χ1v) is 9.88. The Kier molecular flexibility index (Phi) is 9.29. The molecule has 0 saturated heterocycles. The van der Waals surface area contributed by atoms with Crippen molar-refractivity contribution in [3.8, 4) is 0 Å². The van der Waals surface area contributed by atoms with Crippen molar-refractivity contribution in [1.29, 1.82) is 0 Å². The Bertz CT molecular complexity index is 719. The van der Waals surface area contributed by atoms with Crippen molar-refractivity contribution in [2.75, 3.05) is 6.61 Å². The summed E-state index contributed by atoms with van der Waals surface area (Å²) in [5.41, 5.74) is -0.303. The summed E-state index contributed by atoms with van der Waals surface area (Å²) in [5.74, 6) is -1.11. The predicted octanol–water partition coefficient (Wildman–Crippen LogP) is 3.38. The number of carbonyl (C=O) groups is 2. The van der Waals surface area contributed by atoms with Gasteiger partial charge in [0.05, 0.1) is 19.1 Å². The molecule has 1 aromatic rings. The number of alkyl carbamates (subject to hydrolysis) is 1. The highest BCUT2D eigenvalue weighted by molar-refractivity contribution is 5.89. The summed E-state index contributed by atoms with van der Waals surface area (Å²) in [6, 6.07) is 7.69. The van der Waals surface area contributed by atoms with Gasteiger partial charge < -0.3 is 25.0 Å². The van der Waals surface area contributed by atoms with Gasteiger partial charge >= 0.3 is 12.1 Å². The van der Waals surface area contributed by atoms with Gasteiger partial charge in [0.25, 0.3) is 0 Å². The van der Waals surface area contributed by atoms with Gasteiger partial charge in [0.1, 0.15) is 18.2 Å². The maximum absolute atomic E-state index is 12.3. The zero-order chi connectivity index (χ0) is 22.9. The second-order valence-corrected chi connectivity index (χ2v) is 9.10. The van der Waals surface area contributed by atoms with E-state index in [1.54, 1.807) is 20.8 Å². The molecule has 3 N–H and O–H groups in total. The first-order chi connectivity index (χ1) is 13.8. The van der Waals surface area contributed by atoms with Crippen molar-refractivity contribution in [3.63, 3.8) is 0 Å². The van der Waals surface area contributed by atoms with Gasteiger partial charge in [-0.25, -0.2) is 9.79 Å². The van der Waals surface area contributed by atoms with E-state index in [9.17, 15) is 19.8 Å². The molecular weight excluding hydrogens is 388 g/mol. The first-order valence-electron chi connectivity index (χ1n) is 9.88. The normalized spacial score (nSPS) is 14.6. The molecule has 0 radical (unpaired) electrons. The lowest BCUT2D eigenvalue weighted by Gasteiger charge is -2.28. The van der Waals surface area contributed by atoms with E-state index < -0.39 is 41.6 Å². The van der Waals surface area contributed by atoms with Crippen LogP contribution in [0, 0.1) is 5.41 Å². The van der Waals surface area contributed by atoms with Crippen molar-refractivity contribution < 1.29 is 29.3 Å². The number of rotatable bonds is 8. The number of aliphatic hydroxyl groups excluding tert-OH is 1. The fourth-order valence-corrected chi connectivity index (χ4v) is 2.45. The molecule has 1 aromatic carbocycles. The van der Waals surface area contributed by atoms with Crippen LogP contribution in [0.4, 0.5) is 4.79 Å². The quantitative estimate of drug-likeness (QED) is 0.437. The van der Waals surface area contributed by atoms with Gasteiger partial charge in [-0.3, -0.25) is 4.79 Å². The number of aliphatic imine (C=N–C) groups is 1. The number of carbonyl (C=O) groups excluding carboxylic acids is 1. The van der Waals surface area contributed by atoms with E-state index in [1.807, 2.05) is 51.1 Å². The lowest BCUT2D eigenvalue weighted by molar-refractivity contribution is -0.137. The van der Waals surface area contributed by atoms with Crippen LogP contribution < -0.4 is 5.32 Å². The third kappa shape index (κ3) is 9.73. The Morgan fingerprint density at radius 3 is 2.17 bits per heavy atom. The molecule has 0 aliphatic rings. The number of nitrogens with one attached hydrogen (secondary N) is 1. The Balaban J connectivity index is 3.21. The van der Waals surface area contributed by atoms with Gasteiger partial charge in [0, 0.05) is 0 Å². The number of amides is 1. The third-order valence-corrected chi connectivity index (χ3v) is 4.05. The standard InChI is InChI=1S/C22H34N2O6/c1-21(2,3)17(13-25)24-19(29-14-15-10-8-7-9-11-15)16(12-18(26)27)23-20(28)30-22(4,5)6/h7-11,16-17,25H,12-14H2,1-6H3,(H,23,28)(H,26,27)/t16-,17-/m1/s1. The molecule has 1 amide bonds. The number of carboxylic acids is 1. The second-order valence-electron chi connectivity index (χ2n) is 9.10. The molecule has 0 unspecified atom stereocenters. The molecule has 0 aromatic heterocycles. The number of aliphatic carboxylic acids is 1. The van der Waals surface area contributed by atoms with Gasteiger partial charge in [0.15, 0.2) is 0 Å². The molecule has 0 aliphatic carbocycles. The first kappa shape index (κ1) is 25.4. The van der Waals surface area contributed by atoms with Crippen LogP contribution in [0.2, 0.25) is 0 Å². The molecule has 1 rings (SSSR count). The number of hydrogen-bond acceptors (Lipinski definition) is 6. The Morgan fingerprint density at radius 1 is 1.10 bits per heavy atom. The minimum Gasteiger partial charge on any atom is -0.481 e. The lowest BCUT2D eigenvalue weighted by atomic mass is 9.87. The summed E-state index contributed by atoms with van der Waals surface area (Å²) in [4.78, 5) is 28.2. The summed E-state index contributed by atoms with van der Waals surface area (Å²) < 4.78 is 11.1. The number of ether oxygens (including phenoxy) is 2. The number of aliphatic hydroxyl groups is 1. The minimum absolute atomic E-state index is 0.0288. The van der Waals surface area contributed by atoms with Gasteiger partial charge in [-0.05, 0) is 31.7 Å². The number of carboxylic acid groups (broad SMARTS) is 1. The van der Waals surface area contributed by atoms with Crippen LogP contribution in [0.5, 0.6) is 0 Å². The molecule has 2 atom stereocenters. The highest BCUT2D eigenvalue weighted by Gasteiger charge is 2.30. The molecule has 0 aliphatic heterocycles. The van der Waals surface area contributed by atoms with E-state index in [1.165, 1.54) is 0 Å². The van der Waals surface area contributed by atoms with Crippen LogP contribution in [-0.4, -0.2) is 52.5 Å². The minimum atomic E-state index is -1.14. The van der Waals surface area contributed by atoms with Gasteiger partial charge in [-0.1, -0.05) is 51.1 Å². The SMILES string of the molecule is CC(C)(C)OC(=O)N[C@H](CC(=O)O)C(=N[C@H](CO)C(C)(C)C)OCc1ccccc1. The van der Waals surface area contributed by atoms with Crippen LogP contribution in [0.1, 0.15) is 53.5 Å². The lowest BCUT2D eigenvalue weighted by Crippen LogP contribution is -2.46. The second kappa shape index (κ2) is 11.0. The summed E-state index contributed by atoms with van der Waals surface area (Å²) >= 11 is 0. The Labute approximate surface area is 178 Å². The monoisotopic (exact) mass is 422 g/mol. The Hall–Kier alpha value is -2.61. The molecule has 8 nitrogen and oxygen atoms in total. The van der Waals surface area contributed by atoms with E-state index in [2.05, 4.69) is 10.3 Å². The highest BCUT2D eigenvalue weighted by atomic mass is 16.6. The van der Waals surface area contributed by atoms with Gasteiger partial charge in [-0.15, -0.1) is 0 Å². The van der Waals surface area contributed by atoms with Crippen LogP contribution in [0.3, 0.4) is 0 Å². The van der Waals surface area contributed by atoms with Crippen LogP contribution >= 0.6 is 0 Å². The maximum Gasteiger partial charge on any atom is 0.408 e. The number of nitrogens with zero attached hydrogens (tertiary/aromatic N) is 1. The highest BCUT2D eigenvalue weighted by Crippen LogP contribution is 2.23. The van der Waals surface area contributed by atoms with Crippen molar-refractivity contribution in [2.24, 2.45) is 10.4 Å². The van der Waals surface area contributed by atoms with E-state index in [0.29, 0.717) is 0 Å². The predicted molar refractivity (Wildman–Crippen MR) is 114 cm³/mol.